The molecule has 10 heteroatoms. The van der Waals surface area contributed by atoms with Crippen LogP contribution in [0.25, 0.3) is 22.3 Å². The molecule has 1 aliphatic carbocycles. The molecule has 0 unspecified atom stereocenters. The first-order chi connectivity index (χ1) is 18.2. The normalized spacial score (nSPS) is 21.1. The number of cyclic esters (lactones) is 1. The molecule has 2 aliphatic heterocycles. The Balaban J connectivity index is 1.60. The van der Waals surface area contributed by atoms with E-state index in [4.69, 9.17) is 14.8 Å². The van der Waals surface area contributed by atoms with Gasteiger partial charge in [-0.1, -0.05) is 6.92 Å². The Hall–Kier alpha value is -3.63. The smallest absolute Gasteiger partial charge is 0.343 e. The summed E-state index contributed by atoms with van der Waals surface area (Å²) in [4.78, 5) is 43.6. The lowest BCUT2D eigenvalue weighted by Gasteiger charge is -2.31. The summed E-state index contributed by atoms with van der Waals surface area (Å²) in [5.41, 5.74) is 2.58. The molecule has 0 saturated heterocycles. The number of aliphatic hydroxyl groups excluding tert-OH is 1. The molecule has 2 aromatic heterocycles. The third-order valence-electron chi connectivity index (χ3n) is 8.36. The minimum Gasteiger partial charge on any atom is -0.458 e. The maximum Gasteiger partial charge on any atom is 0.343 e. The summed E-state index contributed by atoms with van der Waals surface area (Å²) in [6.07, 6.45) is 1.43. The van der Waals surface area contributed by atoms with E-state index in [9.17, 15) is 23.9 Å². The number of hydrogen-bond acceptors (Lipinski definition) is 7. The third-order valence-corrected chi connectivity index (χ3v) is 8.36. The number of carbonyl (C=O) groups is 2. The van der Waals surface area contributed by atoms with Crippen LogP contribution < -0.4 is 10.9 Å². The first-order valence-corrected chi connectivity index (χ1v) is 12.9. The molecular formula is C28H28FN3O6. The Labute approximate surface area is 217 Å². The van der Waals surface area contributed by atoms with E-state index < -0.39 is 11.6 Å². The van der Waals surface area contributed by atoms with E-state index in [1.54, 1.807) is 24.5 Å². The zero-order valence-electron chi connectivity index (χ0n) is 21.2. The van der Waals surface area contributed by atoms with Gasteiger partial charge in [-0.25, -0.2) is 14.2 Å². The topological polar surface area (TPSA) is 131 Å². The van der Waals surface area contributed by atoms with Crippen molar-refractivity contribution in [1.82, 2.24) is 14.9 Å². The maximum absolute atomic E-state index is 15.0. The van der Waals surface area contributed by atoms with Crippen molar-refractivity contribution >= 4 is 22.8 Å². The molecule has 9 nitrogen and oxygen atoms in total. The Morgan fingerprint density at radius 2 is 2.08 bits per heavy atom. The predicted molar refractivity (Wildman–Crippen MR) is 135 cm³/mol. The number of nitrogens with zero attached hydrogens (tertiary/aromatic N) is 2. The van der Waals surface area contributed by atoms with Gasteiger partial charge in [-0.3, -0.25) is 9.59 Å². The molecule has 198 valence electrons. The molecule has 0 radical (unpaired) electrons. The number of nitrogens with one attached hydrogen (secondary N) is 1. The quantitative estimate of drug-likeness (QED) is 0.343. The van der Waals surface area contributed by atoms with Crippen LogP contribution in [0, 0.1) is 12.7 Å². The van der Waals surface area contributed by atoms with Crippen molar-refractivity contribution in [3.8, 4) is 11.4 Å². The number of esters is 1. The number of aromatic nitrogens is 2. The first kappa shape index (κ1) is 24.7. The van der Waals surface area contributed by atoms with Crippen molar-refractivity contribution in [2.45, 2.75) is 64.2 Å². The molecular weight excluding hydrogens is 493 g/mol. The molecule has 2 atom stereocenters. The molecule has 3 N–H and O–H groups in total. The summed E-state index contributed by atoms with van der Waals surface area (Å²) in [6.45, 7) is 3.36. The Morgan fingerprint density at radius 1 is 1.29 bits per heavy atom. The molecule has 0 bridgehead atoms. The van der Waals surface area contributed by atoms with Crippen LogP contribution in [0.15, 0.2) is 16.9 Å². The molecule has 38 heavy (non-hydrogen) atoms. The van der Waals surface area contributed by atoms with Crippen LogP contribution in [-0.4, -0.2) is 44.8 Å². The fourth-order valence-corrected chi connectivity index (χ4v) is 6.35. The van der Waals surface area contributed by atoms with Gasteiger partial charge in [0.05, 0.1) is 35.6 Å². The highest BCUT2D eigenvalue weighted by atomic mass is 19.1. The predicted octanol–water partition coefficient (Wildman–Crippen LogP) is 2.06. The third kappa shape index (κ3) is 3.36. The highest BCUT2D eigenvalue weighted by Gasteiger charge is 2.46. The van der Waals surface area contributed by atoms with Gasteiger partial charge in [-0.2, -0.15) is 0 Å². The summed E-state index contributed by atoms with van der Waals surface area (Å²) in [5, 5.41) is 23.8. The van der Waals surface area contributed by atoms with E-state index in [-0.39, 0.29) is 73.5 Å². The molecule has 1 aromatic carbocycles. The number of pyridine rings is 2. The van der Waals surface area contributed by atoms with Crippen LogP contribution in [-0.2, 0) is 39.5 Å². The average molecular weight is 522 g/mol. The number of halogens is 1. The number of rotatable bonds is 5. The van der Waals surface area contributed by atoms with E-state index >= 15 is 0 Å². The average Bonchev–Trinajstić information content (AvgIpc) is 3.27. The molecule has 1 amide bonds. The highest BCUT2D eigenvalue weighted by Crippen LogP contribution is 2.47. The van der Waals surface area contributed by atoms with Crippen LogP contribution in [0.5, 0.6) is 0 Å². The second kappa shape index (κ2) is 8.71. The standard InChI is InChI=1S/C28H28FN3O6/c1-3-28(37)18-9-21-25-16(11-32(21)26(35)17(18)12-38-27(28)36)23-14(8-22(34)30-6-7-33)4-5-15-13(2)19(29)10-20(31-25)24(15)23/h9-10,14,33,37H,3-8,11-12H2,1-2H3,(H,30,34)/t14-,28+/m1/s1. The molecule has 6 rings (SSSR count). The van der Waals surface area contributed by atoms with Crippen molar-refractivity contribution in [2.75, 3.05) is 13.2 Å². The van der Waals surface area contributed by atoms with Crippen molar-refractivity contribution in [2.24, 2.45) is 0 Å². The van der Waals surface area contributed by atoms with Crippen LogP contribution >= 0.6 is 0 Å². The minimum atomic E-state index is -1.94. The van der Waals surface area contributed by atoms with Gasteiger partial charge < -0.3 is 24.8 Å². The molecule has 4 heterocycles. The fraction of sp³-hybridized carbons (Fsp3) is 0.429. The SMILES string of the molecule is CC[C@@]1(O)C(=O)OCc2c1cc1n(c2=O)Cc2c-1nc1cc(F)c(C)c3c1c2[C@@H](CC(=O)NCCO)CC3. The monoisotopic (exact) mass is 521 g/mol. The van der Waals surface area contributed by atoms with E-state index in [2.05, 4.69) is 5.32 Å². The summed E-state index contributed by atoms with van der Waals surface area (Å²) < 4.78 is 21.7. The van der Waals surface area contributed by atoms with Gasteiger partial charge in [-0.05, 0) is 54.9 Å². The molecule has 0 fully saturated rings. The number of hydrogen-bond donors (Lipinski definition) is 3. The summed E-state index contributed by atoms with van der Waals surface area (Å²) >= 11 is 0. The maximum atomic E-state index is 15.0. The highest BCUT2D eigenvalue weighted by molar-refractivity contribution is 5.94. The minimum absolute atomic E-state index is 0.0316. The lowest BCUT2D eigenvalue weighted by atomic mass is 9.76. The fourth-order valence-electron chi connectivity index (χ4n) is 6.35. The van der Waals surface area contributed by atoms with Crippen LogP contribution in [0.4, 0.5) is 4.39 Å². The second-order valence-corrected chi connectivity index (χ2v) is 10.3. The van der Waals surface area contributed by atoms with Gasteiger partial charge in [0, 0.05) is 35.5 Å². The van der Waals surface area contributed by atoms with E-state index in [1.165, 1.54) is 6.07 Å². The van der Waals surface area contributed by atoms with Crippen molar-refractivity contribution in [3.05, 3.63) is 61.7 Å². The van der Waals surface area contributed by atoms with E-state index in [1.807, 2.05) is 0 Å². The van der Waals surface area contributed by atoms with Gasteiger partial charge in [0.2, 0.25) is 5.91 Å². The lowest BCUT2D eigenvalue weighted by Crippen LogP contribution is -2.44. The number of benzene rings is 1. The summed E-state index contributed by atoms with van der Waals surface area (Å²) in [6, 6.07) is 3.03. The van der Waals surface area contributed by atoms with Gasteiger partial charge in [0.15, 0.2) is 5.60 Å². The number of aryl methyl sites for hydroxylation is 1. The molecule has 0 spiro atoms. The number of carbonyl (C=O) groups excluding carboxylic acids is 2. The molecule has 0 saturated carbocycles. The molecule has 3 aromatic rings. The van der Waals surface area contributed by atoms with Crippen LogP contribution in [0.3, 0.4) is 0 Å². The summed E-state index contributed by atoms with van der Waals surface area (Å²) in [5.74, 6) is -1.55. The van der Waals surface area contributed by atoms with Crippen molar-refractivity contribution in [3.63, 3.8) is 0 Å². The zero-order chi connectivity index (χ0) is 26.9. The summed E-state index contributed by atoms with van der Waals surface area (Å²) in [7, 11) is 0. The van der Waals surface area contributed by atoms with Gasteiger partial charge in [0.25, 0.3) is 5.56 Å². The largest absolute Gasteiger partial charge is 0.458 e. The number of ether oxygens (including phenoxy) is 1. The zero-order valence-corrected chi connectivity index (χ0v) is 21.2. The second-order valence-electron chi connectivity index (χ2n) is 10.3. The van der Waals surface area contributed by atoms with Crippen LogP contribution in [0.1, 0.15) is 65.5 Å². The Morgan fingerprint density at radius 3 is 2.82 bits per heavy atom. The first-order valence-electron chi connectivity index (χ1n) is 12.9. The Kier molecular flexibility index (Phi) is 5.66. The van der Waals surface area contributed by atoms with E-state index in [0.717, 1.165) is 22.1 Å². The van der Waals surface area contributed by atoms with Crippen LogP contribution in [0.2, 0.25) is 0 Å². The van der Waals surface area contributed by atoms with Gasteiger partial charge in [0.1, 0.15) is 12.4 Å². The molecule has 3 aliphatic rings. The lowest BCUT2D eigenvalue weighted by molar-refractivity contribution is -0.172. The van der Waals surface area contributed by atoms with Crippen molar-refractivity contribution in [1.29, 1.82) is 0 Å². The number of aliphatic hydroxyl groups is 2. The number of amides is 1. The van der Waals surface area contributed by atoms with Gasteiger partial charge >= 0.3 is 5.97 Å². The van der Waals surface area contributed by atoms with Crippen molar-refractivity contribution < 1.29 is 28.9 Å². The Bertz CT molecular complexity index is 1610. The van der Waals surface area contributed by atoms with E-state index in [0.29, 0.717) is 35.3 Å². The van der Waals surface area contributed by atoms with Gasteiger partial charge in [-0.15, -0.1) is 0 Å². The number of fused-ring (bicyclic) bond motifs is 5.